The van der Waals surface area contributed by atoms with Crippen molar-refractivity contribution < 1.29 is 14.3 Å². The van der Waals surface area contributed by atoms with Crippen LogP contribution in [0.25, 0.3) is 0 Å². The predicted molar refractivity (Wildman–Crippen MR) is 100 cm³/mol. The third-order valence-corrected chi connectivity index (χ3v) is 5.19. The first kappa shape index (κ1) is 19.0. The molecule has 142 valence electrons. The van der Waals surface area contributed by atoms with Crippen LogP contribution in [0, 0.1) is 0 Å². The van der Waals surface area contributed by atoms with Crippen LogP contribution in [-0.4, -0.2) is 78.9 Å². The number of likely N-dealkylation sites (tertiary alicyclic amines) is 1. The van der Waals surface area contributed by atoms with Crippen molar-refractivity contribution in [1.82, 2.24) is 14.7 Å². The van der Waals surface area contributed by atoms with Crippen LogP contribution in [0.3, 0.4) is 0 Å². The van der Waals surface area contributed by atoms with Gasteiger partial charge >= 0.3 is 0 Å². The van der Waals surface area contributed by atoms with Crippen molar-refractivity contribution in [2.75, 3.05) is 52.4 Å². The summed E-state index contributed by atoms with van der Waals surface area (Å²) in [6.45, 7) is 4.95. The Morgan fingerprint density at radius 3 is 2.31 bits per heavy atom. The molecular formula is C19H26ClN3O3. The van der Waals surface area contributed by atoms with Gasteiger partial charge in [0.15, 0.2) is 6.61 Å². The molecule has 1 aromatic rings. The monoisotopic (exact) mass is 379 g/mol. The Balaban J connectivity index is 1.38. The number of carbonyl (C=O) groups is 2. The lowest BCUT2D eigenvalue weighted by atomic mass is 10.1. The van der Waals surface area contributed by atoms with E-state index in [0.29, 0.717) is 30.4 Å². The van der Waals surface area contributed by atoms with Crippen molar-refractivity contribution in [2.45, 2.75) is 19.3 Å². The van der Waals surface area contributed by atoms with Gasteiger partial charge in [0.25, 0.3) is 5.91 Å². The zero-order chi connectivity index (χ0) is 18.4. The van der Waals surface area contributed by atoms with Crippen molar-refractivity contribution in [1.29, 1.82) is 0 Å². The van der Waals surface area contributed by atoms with E-state index in [2.05, 4.69) is 4.90 Å². The fraction of sp³-hybridized carbons (Fsp3) is 0.579. The van der Waals surface area contributed by atoms with E-state index in [0.717, 1.165) is 39.0 Å². The van der Waals surface area contributed by atoms with E-state index in [-0.39, 0.29) is 18.4 Å². The molecule has 1 aromatic carbocycles. The Morgan fingerprint density at radius 2 is 1.62 bits per heavy atom. The highest BCUT2D eigenvalue weighted by molar-refractivity contribution is 6.30. The minimum Gasteiger partial charge on any atom is -0.484 e. The molecule has 6 nitrogen and oxygen atoms in total. The van der Waals surface area contributed by atoms with Crippen molar-refractivity contribution in [2.24, 2.45) is 0 Å². The highest BCUT2D eigenvalue weighted by atomic mass is 35.5. The molecule has 2 aliphatic rings. The van der Waals surface area contributed by atoms with Gasteiger partial charge in [-0.3, -0.25) is 14.5 Å². The molecule has 2 aliphatic heterocycles. The van der Waals surface area contributed by atoms with Gasteiger partial charge in [-0.05, 0) is 37.5 Å². The van der Waals surface area contributed by atoms with Crippen molar-refractivity contribution in [3.8, 4) is 5.75 Å². The molecule has 0 aliphatic carbocycles. The molecule has 0 N–H and O–H groups in total. The Bertz CT molecular complexity index is 626. The number of hydrogen-bond donors (Lipinski definition) is 0. The van der Waals surface area contributed by atoms with Crippen molar-refractivity contribution in [3.05, 3.63) is 29.3 Å². The first-order valence-corrected chi connectivity index (χ1v) is 9.66. The molecule has 0 unspecified atom stereocenters. The maximum Gasteiger partial charge on any atom is 0.260 e. The number of piperazine rings is 1. The van der Waals surface area contributed by atoms with Crippen LogP contribution in [0.2, 0.25) is 5.02 Å². The van der Waals surface area contributed by atoms with Crippen LogP contribution in [-0.2, 0) is 9.59 Å². The number of carbonyl (C=O) groups excluding carboxylic acids is 2. The maximum atomic E-state index is 12.3. The second-order valence-corrected chi connectivity index (χ2v) is 7.28. The van der Waals surface area contributed by atoms with Gasteiger partial charge in [-0.2, -0.15) is 0 Å². The standard InChI is InChI=1S/C19H26ClN3O3/c20-16-5-4-6-17(13-16)26-15-19(25)23-11-9-21(10-12-23)14-18(24)22-7-2-1-3-8-22/h4-6,13H,1-3,7-12,14-15H2. The zero-order valence-electron chi connectivity index (χ0n) is 15.0. The quantitative estimate of drug-likeness (QED) is 0.783. The number of rotatable bonds is 5. The lowest BCUT2D eigenvalue weighted by Gasteiger charge is -2.36. The highest BCUT2D eigenvalue weighted by Crippen LogP contribution is 2.17. The van der Waals surface area contributed by atoms with Gasteiger partial charge < -0.3 is 14.5 Å². The Labute approximate surface area is 159 Å². The number of hydrogen-bond acceptors (Lipinski definition) is 4. The molecule has 7 heteroatoms. The summed E-state index contributed by atoms with van der Waals surface area (Å²) in [5.41, 5.74) is 0. The number of ether oxygens (including phenoxy) is 1. The smallest absolute Gasteiger partial charge is 0.260 e. The molecular weight excluding hydrogens is 354 g/mol. The van der Waals surface area contributed by atoms with E-state index in [1.54, 1.807) is 29.2 Å². The van der Waals surface area contributed by atoms with Gasteiger partial charge in [-0.1, -0.05) is 17.7 Å². The second kappa shape index (κ2) is 9.24. The minimum absolute atomic E-state index is 0.00699. The average molecular weight is 380 g/mol. The fourth-order valence-electron chi connectivity index (χ4n) is 3.38. The average Bonchev–Trinajstić information content (AvgIpc) is 2.67. The van der Waals surface area contributed by atoms with E-state index in [9.17, 15) is 9.59 Å². The first-order chi connectivity index (χ1) is 12.6. The number of piperidine rings is 1. The van der Waals surface area contributed by atoms with E-state index in [1.807, 2.05) is 4.90 Å². The molecule has 2 saturated heterocycles. The molecule has 2 amide bonds. The van der Waals surface area contributed by atoms with Crippen molar-refractivity contribution in [3.63, 3.8) is 0 Å². The molecule has 2 fully saturated rings. The molecule has 2 heterocycles. The maximum absolute atomic E-state index is 12.3. The summed E-state index contributed by atoms with van der Waals surface area (Å²) in [6.07, 6.45) is 3.45. The van der Waals surface area contributed by atoms with Gasteiger partial charge in [0.2, 0.25) is 5.91 Å². The van der Waals surface area contributed by atoms with Crippen LogP contribution < -0.4 is 4.74 Å². The van der Waals surface area contributed by atoms with Gasteiger partial charge in [0, 0.05) is 44.3 Å². The number of benzene rings is 1. The third kappa shape index (κ3) is 5.35. The van der Waals surface area contributed by atoms with E-state index >= 15 is 0 Å². The summed E-state index contributed by atoms with van der Waals surface area (Å²) in [5, 5.41) is 0.585. The Morgan fingerprint density at radius 1 is 0.923 bits per heavy atom. The molecule has 0 aromatic heterocycles. The normalized spacial score (nSPS) is 18.7. The van der Waals surface area contributed by atoms with Crippen LogP contribution >= 0.6 is 11.6 Å². The van der Waals surface area contributed by atoms with E-state index in [4.69, 9.17) is 16.3 Å². The number of nitrogens with zero attached hydrogens (tertiary/aromatic N) is 3. The summed E-state index contributed by atoms with van der Waals surface area (Å²) in [4.78, 5) is 30.6. The molecule has 0 radical (unpaired) electrons. The van der Waals surface area contributed by atoms with Crippen LogP contribution in [0.1, 0.15) is 19.3 Å². The summed E-state index contributed by atoms with van der Waals surface area (Å²) >= 11 is 5.91. The summed E-state index contributed by atoms with van der Waals surface area (Å²) in [5.74, 6) is 0.775. The Hall–Kier alpha value is -1.79. The van der Waals surface area contributed by atoms with Crippen molar-refractivity contribution >= 4 is 23.4 Å². The van der Waals surface area contributed by atoms with Crippen LogP contribution in [0.15, 0.2) is 24.3 Å². The SMILES string of the molecule is O=C(COc1cccc(Cl)c1)N1CCN(CC(=O)N2CCCCC2)CC1. The molecule has 0 spiro atoms. The largest absolute Gasteiger partial charge is 0.484 e. The molecule has 26 heavy (non-hydrogen) atoms. The topological polar surface area (TPSA) is 53.1 Å². The second-order valence-electron chi connectivity index (χ2n) is 6.84. The van der Waals surface area contributed by atoms with Gasteiger partial charge in [-0.25, -0.2) is 0 Å². The van der Waals surface area contributed by atoms with Gasteiger partial charge in [0.1, 0.15) is 5.75 Å². The summed E-state index contributed by atoms with van der Waals surface area (Å²) in [7, 11) is 0. The van der Waals surface area contributed by atoms with Crippen LogP contribution in [0.5, 0.6) is 5.75 Å². The fourth-order valence-corrected chi connectivity index (χ4v) is 3.56. The first-order valence-electron chi connectivity index (χ1n) is 9.28. The highest BCUT2D eigenvalue weighted by Gasteiger charge is 2.24. The van der Waals surface area contributed by atoms with E-state index < -0.39 is 0 Å². The minimum atomic E-state index is -0.0352. The number of halogens is 1. The number of amides is 2. The summed E-state index contributed by atoms with van der Waals surface area (Å²) in [6, 6.07) is 7.03. The van der Waals surface area contributed by atoms with Gasteiger partial charge in [-0.15, -0.1) is 0 Å². The lowest BCUT2D eigenvalue weighted by Crippen LogP contribution is -2.52. The zero-order valence-corrected chi connectivity index (χ0v) is 15.8. The summed E-state index contributed by atoms with van der Waals surface area (Å²) < 4.78 is 5.52. The molecule has 0 bridgehead atoms. The predicted octanol–water partition coefficient (Wildman–Crippen LogP) is 1.88. The molecule has 3 rings (SSSR count). The molecule has 0 atom stereocenters. The van der Waals surface area contributed by atoms with Gasteiger partial charge in [0.05, 0.1) is 6.54 Å². The van der Waals surface area contributed by atoms with Crippen LogP contribution in [0.4, 0.5) is 0 Å². The van der Waals surface area contributed by atoms with E-state index in [1.165, 1.54) is 6.42 Å². The molecule has 0 saturated carbocycles. The lowest BCUT2D eigenvalue weighted by molar-refractivity contribution is -0.136. The Kier molecular flexibility index (Phi) is 6.74. The third-order valence-electron chi connectivity index (χ3n) is 4.95.